The van der Waals surface area contributed by atoms with Gasteiger partial charge in [0.1, 0.15) is 75.1 Å². The van der Waals surface area contributed by atoms with E-state index in [-0.39, 0.29) is 93.8 Å². The molecular weight excluding hydrogens is 1860 g/mol. The number of alkyl halides is 3. The highest BCUT2D eigenvalue weighted by atomic mass is 35.5. The number of nitrogens with one attached hydrogen (secondary N) is 4. The first-order valence-corrected chi connectivity index (χ1v) is 50.3. The number of rotatable bonds is 35. The molecule has 33 nitrogen and oxygen atoms in total. The topological polar surface area (TPSA) is 331 Å². The van der Waals surface area contributed by atoms with Crippen molar-refractivity contribution in [1.82, 2.24) is 68.1 Å². The lowest BCUT2D eigenvalue weighted by atomic mass is 10.1. The summed E-state index contributed by atoms with van der Waals surface area (Å²) in [7, 11) is 9.57. The molecule has 0 amide bonds. The van der Waals surface area contributed by atoms with Crippen LogP contribution in [0.25, 0.3) is 45.6 Å². The second-order valence-corrected chi connectivity index (χ2v) is 36.2. The summed E-state index contributed by atoms with van der Waals surface area (Å²) in [4.78, 5) is 115. The summed E-state index contributed by atoms with van der Waals surface area (Å²) in [5, 5.41) is 13.9. The van der Waals surface area contributed by atoms with E-state index >= 15 is 0 Å². The van der Waals surface area contributed by atoms with Crippen LogP contribution in [0.15, 0.2) is 178 Å². The molecule has 14 heterocycles. The Kier molecular flexibility index (Phi) is 37.2. The second-order valence-electron chi connectivity index (χ2n) is 35.8. The fourth-order valence-corrected chi connectivity index (χ4v) is 19.1. The van der Waals surface area contributed by atoms with Gasteiger partial charge in [0.05, 0.1) is 94.7 Å². The molecule has 8 atom stereocenters. The zero-order valence-corrected chi connectivity index (χ0v) is 87.2. The van der Waals surface area contributed by atoms with Crippen LogP contribution in [0.5, 0.6) is 5.88 Å². The van der Waals surface area contributed by atoms with Crippen LogP contribution < -0.4 is 77.6 Å². The Bertz CT molecular complexity index is 6370. The summed E-state index contributed by atoms with van der Waals surface area (Å²) in [5.41, 5.74) is 10.4. The highest BCUT2D eigenvalue weighted by Crippen LogP contribution is 2.39. The predicted molar refractivity (Wildman–Crippen MR) is 568 cm³/mol. The quantitative estimate of drug-likeness (QED) is 0.0287. The maximum absolute atomic E-state index is 13.8. The van der Waals surface area contributed by atoms with Crippen molar-refractivity contribution in [2.45, 2.75) is 210 Å². The first-order valence-electron chi connectivity index (χ1n) is 50.0. The van der Waals surface area contributed by atoms with Crippen molar-refractivity contribution in [1.29, 1.82) is 0 Å². The molecule has 10 aromatic heterocycles. The summed E-state index contributed by atoms with van der Waals surface area (Å²) in [5.74, 6) is 7.18. The Morgan fingerprint density at radius 1 is 0.382 bits per heavy atom. The van der Waals surface area contributed by atoms with Gasteiger partial charge in [0.15, 0.2) is 0 Å². The molecule has 0 bridgehead atoms. The van der Waals surface area contributed by atoms with E-state index in [0.717, 1.165) is 110 Å². The van der Waals surface area contributed by atoms with E-state index in [2.05, 4.69) is 101 Å². The molecule has 4 unspecified atom stereocenters. The fourth-order valence-electron chi connectivity index (χ4n) is 18.8. The van der Waals surface area contributed by atoms with Crippen LogP contribution in [0.3, 0.4) is 0 Å². The van der Waals surface area contributed by atoms with Crippen molar-refractivity contribution < 1.29 is 36.9 Å². The average molecular weight is 2000 g/mol. The molecule has 4 fully saturated rings. The van der Waals surface area contributed by atoms with Gasteiger partial charge in [-0.15, -0.1) is 0 Å². The van der Waals surface area contributed by atoms with Gasteiger partial charge < -0.3 is 74.4 Å². The summed E-state index contributed by atoms with van der Waals surface area (Å²) in [6, 6.07) is 38.1. The third-order valence-corrected chi connectivity index (χ3v) is 26.5. The molecule has 37 heteroatoms. The lowest BCUT2D eigenvalue weighted by molar-refractivity contribution is -0.137. The molecular formula is C107H138ClF3N24O9. The van der Waals surface area contributed by atoms with Gasteiger partial charge in [0.2, 0.25) is 5.88 Å². The second kappa shape index (κ2) is 49.7. The van der Waals surface area contributed by atoms with E-state index < -0.39 is 11.7 Å². The SMILES string of the molecule is CCO[C@H]1CN(c2ccccn2)CC1Nc1c(CC)nc(-c2ccc(C(F)(F)F)cc2Cl)n(CC)c1=O.CCO[C@H]1CN(c2ccccn2)CC1Nc1c(CC)nc(-c2ccc(N(C)C)cc2C)n(CC)c1=O.CCO[C@H]1CN(c2ccccn2)CC1Nc1c(CC)nc(-c2ccc(OC)nc2C)n(CC)c1=O.CCO[C@H]1CN(c2ccccn2)CC1Nc1c(CC)nc(-c2cnc(N(C)C)cc2C)n(CC)c1=O. The van der Waals surface area contributed by atoms with Crippen LogP contribution >= 0.6 is 11.6 Å². The van der Waals surface area contributed by atoms with Gasteiger partial charge in [-0.05, 0) is 210 Å². The molecule has 16 rings (SSSR count). The highest BCUT2D eigenvalue weighted by molar-refractivity contribution is 6.33. The molecule has 12 aromatic rings. The van der Waals surface area contributed by atoms with Crippen molar-refractivity contribution in [3.8, 4) is 51.4 Å². The number of benzene rings is 2. The van der Waals surface area contributed by atoms with Crippen molar-refractivity contribution in [2.75, 3.05) is 165 Å². The molecule has 0 saturated carbocycles. The molecule has 4 N–H and O–H groups in total. The van der Waals surface area contributed by atoms with Crippen molar-refractivity contribution in [3.05, 3.63) is 250 Å². The van der Waals surface area contributed by atoms with Crippen molar-refractivity contribution >= 4 is 69.1 Å². The van der Waals surface area contributed by atoms with Crippen LogP contribution in [-0.4, -0.2) is 231 Å². The van der Waals surface area contributed by atoms with Crippen LogP contribution in [0.1, 0.15) is 128 Å². The zero-order valence-electron chi connectivity index (χ0n) is 86.4. The Balaban J connectivity index is 0.000000161. The smallest absolute Gasteiger partial charge is 0.416 e. The molecule has 0 aliphatic carbocycles. The molecule has 2 aromatic carbocycles. The van der Waals surface area contributed by atoms with Gasteiger partial charge in [-0.25, -0.2) is 49.8 Å². The summed E-state index contributed by atoms with van der Waals surface area (Å²) in [6.07, 6.45) is 6.37. The minimum absolute atomic E-state index is 0.0398. The number of pyridine rings is 6. The Morgan fingerprint density at radius 3 is 0.986 bits per heavy atom. The van der Waals surface area contributed by atoms with E-state index in [1.807, 2.05) is 214 Å². The minimum Gasteiger partial charge on any atom is -0.481 e. The third kappa shape index (κ3) is 24.8. The largest absolute Gasteiger partial charge is 0.481 e. The van der Waals surface area contributed by atoms with E-state index in [4.69, 9.17) is 55.2 Å². The zero-order chi connectivity index (χ0) is 103. The molecule has 768 valence electrons. The number of nitrogens with zero attached hydrogens (tertiary/aromatic N) is 20. The first-order chi connectivity index (χ1) is 69.4. The predicted octanol–water partition coefficient (Wildman–Crippen LogP) is 15.9. The van der Waals surface area contributed by atoms with E-state index in [9.17, 15) is 32.3 Å². The first kappa shape index (κ1) is 108. The molecule has 4 aliphatic rings. The van der Waals surface area contributed by atoms with Gasteiger partial charge in [0.25, 0.3) is 22.2 Å². The normalized spacial score (nSPS) is 17.6. The van der Waals surface area contributed by atoms with Gasteiger partial charge in [-0.3, -0.25) is 37.4 Å². The number of hydrogen-bond acceptors (Lipinski definition) is 29. The number of methoxy groups -OCH3 is 1. The number of hydrogen-bond donors (Lipinski definition) is 4. The molecule has 0 radical (unpaired) electrons. The average Bonchev–Trinajstić information content (AvgIpc) is 1.15. The number of halogens is 4. The standard InChI is InChI=1S/C28H38N6O2.C27H37N7O2.C26H29ClF3N5O2.C26H34N6O3/c1-7-22-26(30-23-17-33(18-24(23)36-9-3)25-12-10-11-15-29-25)28(35)34(8-2)27(31-22)21-14-13-20(32(5)6)16-19(21)4;1-7-20-25(30-21-16-33(17-22(21)36-9-3)23-12-10-11-13-28-23)27(35)34(8-2)26(31-20)19-15-29-24(32(5)6)14-18(19)4;1-4-19-23(32-20-14-34(15-21(20)37-6-3)22-9-7-8-12-31-22)25(36)35(5-2)24(33-19)17-11-10-16(13-18(17)27)26(28,29)30;1-6-19-24(29-20-15-31(16-21(20)35-8-3)22-11-9-10-14-27-22)26(33)32(7-2)25(30-19)18-12-13-23(34-5)28-17(18)4/h10-16,23-24,30H,7-9,17-18H2,1-6H3;10-15,21-22,30H,7-9,16-17H2,1-6H3;7-13,20-21,32H,4-6,14-15H2,1-3H3;9-14,20-21,29H,6-8,15-16H2,1-5H3/t23?,24-;21?,22-;2*20?,21-/m0000/s1. The highest BCUT2D eigenvalue weighted by Gasteiger charge is 2.41. The molecule has 4 saturated heterocycles. The lowest BCUT2D eigenvalue weighted by Gasteiger charge is -2.23. The number of anilines is 10. The molecule has 144 heavy (non-hydrogen) atoms. The van der Waals surface area contributed by atoms with E-state index in [1.165, 1.54) is 10.6 Å². The minimum atomic E-state index is -4.52. The Morgan fingerprint density at radius 2 is 0.708 bits per heavy atom. The Hall–Kier alpha value is -13.4. The third-order valence-electron chi connectivity index (χ3n) is 26.2. The van der Waals surface area contributed by atoms with Gasteiger partial charge in [-0.1, -0.05) is 63.6 Å². The van der Waals surface area contributed by atoms with Gasteiger partial charge in [-0.2, -0.15) is 13.2 Å². The lowest BCUT2D eigenvalue weighted by Crippen LogP contribution is -2.38. The summed E-state index contributed by atoms with van der Waals surface area (Å²) >= 11 is 6.25. The van der Waals surface area contributed by atoms with Crippen LogP contribution in [-0.2, 0) is 77.0 Å². The Labute approximate surface area is 846 Å². The van der Waals surface area contributed by atoms with E-state index in [1.54, 1.807) is 58.6 Å². The van der Waals surface area contributed by atoms with Crippen LogP contribution in [0.4, 0.5) is 70.7 Å². The summed E-state index contributed by atoms with van der Waals surface area (Å²) < 4.78 is 75.5. The van der Waals surface area contributed by atoms with Crippen LogP contribution in [0, 0.1) is 20.8 Å². The van der Waals surface area contributed by atoms with Gasteiger partial charge in [0, 0.05) is 198 Å². The van der Waals surface area contributed by atoms with Crippen molar-refractivity contribution in [3.63, 3.8) is 0 Å². The maximum Gasteiger partial charge on any atom is 0.416 e. The van der Waals surface area contributed by atoms with Crippen molar-refractivity contribution in [2.24, 2.45) is 0 Å². The monoisotopic (exact) mass is 2000 g/mol. The van der Waals surface area contributed by atoms with E-state index in [0.29, 0.717) is 164 Å². The molecule has 4 aliphatic heterocycles. The number of ether oxygens (including phenoxy) is 5. The fraction of sp³-hybridized carbons (Fsp3) is 0.458. The number of aromatic nitrogens is 14. The molecule has 0 spiro atoms. The maximum atomic E-state index is 13.8. The van der Waals surface area contributed by atoms with Crippen LogP contribution in [0.2, 0.25) is 5.02 Å². The summed E-state index contributed by atoms with van der Waals surface area (Å²) in [6.45, 7) is 39.1. The van der Waals surface area contributed by atoms with Gasteiger partial charge >= 0.3 is 6.18 Å². The number of aryl methyl sites for hydroxylation is 7.